The molecule has 0 fully saturated rings. The van der Waals surface area contributed by atoms with E-state index in [0.717, 1.165) is 12.0 Å². The monoisotopic (exact) mass is 202 g/mol. The van der Waals surface area contributed by atoms with Crippen LogP contribution in [0.1, 0.15) is 37.9 Å². The molecule has 1 N–H and O–H groups in total. The van der Waals surface area contributed by atoms with Crippen LogP contribution in [-0.4, -0.2) is 6.04 Å². The molecule has 1 aromatic rings. The topological polar surface area (TPSA) is 35.8 Å². The summed E-state index contributed by atoms with van der Waals surface area (Å²) in [7, 11) is 0. The van der Waals surface area contributed by atoms with Crippen LogP contribution in [0.3, 0.4) is 0 Å². The van der Waals surface area contributed by atoms with Crippen molar-refractivity contribution >= 4 is 0 Å². The Morgan fingerprint density at radius 2 is 1.87 bits per heavy atom. The Morgan fingerprint density at radius 1 is 1.27 bits per heavy atom. The average Bonchev–Trinajstić information content (AvgIpc) is 2.26. The average molecular weight is 202 g/mol. The highest BCUT2D eigenvalue weighted by Crippen LogP contribution is 2.14. The van der Waals surface area contributed by atoms with Gasteiger partial charge >= 0.3 is 0 Å². The highest BCUT2D eigenvalue weighted by Gasteiger charge is 2.10. The van der Waals surface area contributed by atoms with Crippen LogP contribution in [0.5, 0.6) is 0 Å². The molecule has 0 radical (unpaired) electrons. The number of nitrogens with one attached hydrogen (secondary N) is 1. The molecule has 1 aromatic carbocycles. The number of nitriles is 1. The van der Waals surface area contributed by atoms with Crippen molar-refractivity contribution in [3.05, 3.63) is 35.4 Å². The van der Waals surface area contributed by atoms with Gasteiger partial charge in [0, 0.05) is 6.04 Å². The van der Waals surface area contributed by atoms with E-state index >= 15 is 0 Å². The van der Waals surface area contributed by atoms with Gasteiger partial charge in [-0.2, -0.15) is 5.26 Å². The second kappa shape index (κ2) is 5.53. The van der Waals surface area contributed by atoms with Crippen molar-refractivity contribution in [1.29, 1.82) is 5.26 Å². The zero-order valence-corrected chi connectivity index (χ0v) is 9.62. The van der Waals surface area contributed by atoms with Crippen LogP contribution in [-0.2, 0) is 6.42 Å². The second-order valence-electron chi connectivity index (χ2n) is 3.98. The standard InChI is InChI=1S/C13H18N2/c1-4-11-5-7-12(8-6-11)13(9-14)15-10(2)3/h5-8,10,13,15H,4H2,1-3H3. The summed E-state index contributed by atoms with van der Waals surface area (Å²) in [4.78, 5) is 0. The Balaban J connectivity index is 2.80. The molecule has 0 bridgehead atoms. The van der Waals surface area contributed by atoms with Crippen LogP contribution in [0, 0.1) is 11.3 Å². The number of hydrogen-bond acceptors (Lipinski definition) is 2. The van der Waals surface area contributed by atoms with E-state index in [9.17, 15) is 0 Å². The Morgan fingerprint density at radius 3 is 2.27 bits per heavy atom. The van der Waals surface area contributed by atoms with Crippen LogP contribution < -0.4 is 5.32 Å². The van der Waals surface area contributed by atoms with Gasteiger partial charge in [0.2, 0.25) is 0 Å². The van der Waals surface area contributed by atoms with Gasteiger partial charge in [-0.15, -0.1) is 0 Å². The van der Waals surface area contributed by atoms with Gasteiger partial charge in [0.05, 0.1) is 6.07 Å². The Bertz CT molecular complexity index is 333. The largest absolute Gasteiger partial charge is 0.296 e. The third-order valence-electron chi connectivity index (χ3n) is 2.35. The Labute approximate surface area is 91.9 Å². The summed E-state index contributed by atoms with van der Waals surface area (Å²) >= 11 is 0. The minimum Gasteiger partial charge on any atom is -0.296 e. The molecule has 0 heterocycles. The summed E-state index contributed by atoms with van der Waals surface area (Å²) in [5, 5.41) is 12.3. The summed E-state index contributed by atoms with van der Waals surface area (Å²) < 4.78 is 0. The van der Waals surface area contributed by atoms with Crippen molar-refractivity contribution in [1.82, 2.24) is 5.32 Å². The molecule has 0 aromatic heterocycles. The van der Waals surface area contributed by atoms with Gasteiger partial charge < -0.3 is 0 Å². The van der Waals surface area contributed by atoms with E-state index in [0.29, 0.717) is 6.04 Å². The lowest BCUT2D eigenvalue weighted by molar-refractivity contribution is 0.546. The first-order chi connectivity index (χ1) is 7.17. The predicted molar refractivity (Wildman–Crippen MR) is 62.4 cm³/mol. The molecule has 1 rings (SSSR count). The second-order valence-corrected chi connectivity index (χ2v) is 3.98. The summed E-state index contributed by atoms with van der Waals surface area (Å²) in [5.74, 6) is 0. The maximum Gasteiger partial charge on any atom is 0.121 e. The van der Waals surface area contributed by atoms with E-state index in [-0.39, 0.29) is 6.04 Å². The van der Waals surface area contributed by atoms with Gasteiger partial charge in [-0.1, -0.05) is 31.2 Å². The third kappa shape index (κ3) is 3.38. The summed E-state index contributed by atoms with van der Waals surface area (Å²) in [6, 6.07) is 10.6. The van der Waals surface area contributed by atoms with Crippen LogP contribution in [0.4, 0.5) is 0 Å². The SMILES string of the molecule is CCc1ccc(C(C#N)NC(C)C)cc1. The van der Waals surface area contributed by atoms with E-state index in [1.165, 1.54) is 5.56 Å². The molecule has 80 valence electrons. The first-order valence-electron chi connectivity index (χ1n) is 5.42. The van der Waals surface area contributed by atoms with Crippen molar-refractivity contribution in [2.24, 2.45) is 0 Å². The smallest absolute Gasteiger partial charge is 0.121 e. The third-order valence-corrected chi connectivity index (χ3v) is 2.35. The quantitative estimate of drug-likeness (QED) is 0.815. The van der Waals surface area contributed by atoms with Gasteiger partial charge in [0.25, 0.3) is 0 Å². The minimum atomic E-state index is -0.198. The van der Waals surface area contributed by atoms with E-state index < -0.39 is 0 Å². The van der Waals surface area contributed by atoms with Crippen molar-refractivity contribution in [3.63, 3.8) is 0 Å². The first-order valence-corrected chi connectivity index (χ1v) is 5.42. The number of aryl methyl sites for hydroxylation is 1. The molecule has 1 atom stereocenters. The van der Waals surface area contributed by atoms with Gasteiger partial charge in [0.1, 0.15) is 6.04 Å². The Hall–Kier alpha value is -1.33. The first kappa shape index (κ1) is 11.7. The fraction of sp³-hybridized carbons (Fsp3) is 0.462. The van der Waals surface area contributed by atoms with Crippen LogP contribution in [0.25, 0.3) is 0 Å². The fourth-order valence-electron chi connectivity index (χ4n) is 1.49. The van der Waals surface area contributed by atoms with Crippen molar-refractivity contribution in [2.75, 3.05) is 0 Å². The molecule has 0 aliphatic heterocycles. The predicted octanol–water partition coefficient (Wildman–Crippen LogP) is 2.81. The number of rotatable bonds is 4. The number of benzene rings is 1. The summed E-state index contributed by atoms with van der Waals surface area (Å²) in [6.07, 6.45) is 1.04. The van der Waals surface area contributed by atoms with Crippen LogP contribution in [0.2, 0.25) is 0 Å². The molecule has 0 saturated carbocycles. The van der Waals surface area contributed by atoms with E-state index in [4.69, 9.17) is 5.26 Å². The van der Waals surface area contributed by atoms with Crippen molar-refractivity contribution in [3.8, 4) is 6.07 Å². The zero-order valence-electron chi connectivity index (χ0n) is 9.62. The minimum absolute atomic E-state index is 0.198. The molecule has 15 heavy (non-hydrogen) atoms. The molecule has 0 spiro atoms. The van der Waals surface area contributed by atoms with E-state index in [1.807, 2.05) is 26.0 Å². The molecule has 2 heteroatoms. The lowest BCUT2D eigenvalue weighted by Crippen LogP contribution is -2.27. The molecular weight excluding hydrogens is 184 g/mol. The van der Waals surface area contributed by atoms with Gasteiger partial charge in [-0.05, 0) is 31.4 Å². The highest BCUT2D eigenvalue weighted by atomic mass is 14.9. The molecule has 0 amide bonds. The normalized spacial score (nSPS) is 12.5. The molecule has 0 saturated heterocycles. The highest BCUT2D eigenvalue weighted by molar-refractivity contribution is 5.28. The number of nitrogens with zero attached hydrogens (tertiary/aromatic N) is 1. The molecular formula is C13H18N2. The molecule has 0 aliphatic rings. The summed E-state index contributed by atoms with van der Waals surface area (Å²) in [5.41, 5.74) is 2.35. The van der Waals surface area contributed by atoms with Gasteiger partial charge in [-0.25, -0.2) is 0 Å². The number of hydrogen-bond donors (Lipinski definition) is 1. The van der Waals surface area contributed by atoms with Gasteiger partial charge in [0.15, 0.2) is 0 Å². The zero-order chi connectivity index (χ0) is 11.3. The van der Waals surface area contributed by atoms with Crippen molar-refractivity contribution < 1.29 is 0 Å². The molecule has 0 aliphatic carbocycles. The van der Waals surface area contributed by atoms with Crippen molar-refractivity contribution in [2.45, 2.75) is 39.3 Å². The maximum absolute atomic E-state index is 9.04. The molecule has 1 unspecified atom stereocenters. The lowest BCUT2D eigenvalue weighted by Gasteiger charge is -2.14. The molecule has 2 nitrogen and oxygen atoms in total. The summed E-state index contributed by atoms with van der Waals surface area (Å²) in [6.45, 7) is 6.22. The van der Waals surface area contributed by atoms with Crippen LogP contribution >= 0.6 is 0 Å². The maximum atomic E-state index is 9.04. The van der Waals surface area contributed by atoms with E-state index in [1.54, 1.807) is 0 Å². The lowest BCUT2D eigenvalue weighted by atomic mass is 10.0. The fourth-order valence-corrected chi connectivity index (χ4v) is 1.49. The van der Waals surface area contributed by atoms with E-state index in [2.05, 4.69) is 30.4 Å². The Kier molecular flexibility index (Phi) is 4.33. The van der Waals surface area contributed by atoms with Gasteiger partial charge in [-0.3, -0.25) is 5.32 Å². The van der Waals surface area contributed by atoms with Crippen LogP contribution in [0.15, 0.2) is 24.3 Å².